The molecule has 6 heteroatoms. The molecule has 0 bridgehead atoms. The van der Waals surface area contributed by atoms with Gasteiger partial charge in [-0.05, 0) is 11.6 Å². The fourth-order valence-corrected chi connectivity index (χ4v) is 1.86. The van der Waals surface area contributed by atoms with Crippen LogP contribution in [0.15, 0.2) is 0 Å². The molecule has 0 amide bonds. The van der Waals surface area contributed by atoms with Crippen molar-refractivity contribution in [2.45, 2.75) is 0 Å². The summed E-state index contributed by atoms with van der Waals surface area (Å²) in [5.41, 5.74) is 0. The molecule has 0 aromatic carbocycles. The molecule has 0 radical (unpaired) electrons. The average molecular weight is 216 g/mol. The van der Waals surface area contributed by atoms with E-state index in [1.165, 1.54) is 0 Å². The summed E-state index contributed by atoms with van der Waals surface area (Å²) in [6.45, 7) is 0. The first-order valence-electron chi connectivity index (χ1n) is 2.13. The summed E-state index contributed by atoms with van der Waals surface area (Å²) in [4.78, 5) is 14.2. The molecule has 1 aromatic heterocycles. The van der Waals surface area contributed by atoms with Gasteiger partial charge in [-0.1, -0.05) is 34.5 Å². The van der Waals surface area contributed by atoms with Crippen molar-refractivity contribution in [1.29, 1.82) is 0 Å². The maximum absolute atomic E-state index is 10.5. The van der Waals surface area contributed by atoms with Crippen LogP contribution < -0.4 is 0 Å². The van der Waals surface area contributed by atoms with Crippen LogP contribution in [-0.4, -0.2) is 10.2 Å². The van der Waals surface area contributed by atoms with Crippen LogP contribution in [0.25, 0.3) is 0 Å². The van der Waals surface area contributed by atoms with Crippen LogP contribution >= 0.6 is 46.1 Å². The number of nitrogens with zero attached hydrogens (tertiary/aromatic N) is 1. The number of aromatic nitrogens is 1. The van der Waals surface area contributed by atoms with Gasteiger partial charge in [0, 0.05) is 0 Å². The van der Waals surface area contributed by atoms with E-state index in [1.54, 1.807) is 0 Å². The third-order valence-corrected chi connectivity index (χ3v) is 2.58. The van der Waals surface area contributed by atoms with Gasteiger partial charge in [-0.15, -0.1) is 0 Å². The second-order valence-corrected chi connectivity index (χ2v) is 3.64. The summed E-state index contributed by atoms with van der Waals surface area (Å²) in [6.07, 6.45) is 0. The Morgan fingerprint density at radius 1 is 1.50 bits per heavy atom. The molecule has 0 saturated carbocycles. The van der Waals surface area contributed by atoms with E-state index in [1.807, 2.05) is 0 Å². The standard InChI is InChI=1S/C4Cl3NOS/c5-2-1(3(6)9)10-4(7)8-2. The van der Waals surface area contributed by atoms with Gasteiger partial charge in [-0.2, -0.15) is 0 Å². The van der Waals surface area contributed by atoms with E-state index in [4.69, 9.17) is 34.8 Å². The van der Waals surface area contributed by atoms with Gasteiger partial charge in [0.1, 0.15) is 4.88 Å². The van der Waals surface area contributed by atoms with Crippen LogP contribution in [0.2, 0.25) is 9.62 Å². The molecule has 0 spiro atoms. The van der Waals surface area contributed by atoms with Gasteiger partial charge in [0.05, 0.1) is 0 Å². The maximum atomic E-state index is 10.5. The van der Waals surface area contributed by atoms with Crippen molar-refractivity contribution in [2.75, 3.05) is 0 Å². The van der Waals surface area contributed by atoms with E-state index in [2.05, 4.69) is 4.98 Å². The minimum Gasteiger partial charge on any atom is -0.275 e. The van der Waals surface area contributed by atoms with Crippen molar-refractivity contribution in [3.63, 3.8) is 0 Å². The molecule has 0 saturated heterocycles. The normalized spacial score (nSPS) is 9.90. The molecule has 54 valence electrons. The lowest BCUT2D eigenvalue weighted by Crippen LogP contribution is -1.82. The Morgan fingerprint density at radius 2 is 2.10 bits per heavy atom. The Hall–Kier alpha value is 0.170. The largest absolute Gasteiger partial charge is 0.275 e. The molecule has 0 unspecified atom stereocenters. The average Bonchev–Trinajstić information content (AvgIpc) is 2.10. The highest BCUT2D eigenvalue weighted by Crippen LogP contribution is 2.27. The summed E-state index contributed by atoms with van der Waals surface area (Å²) in [5, 5.41) is -0.565. The molecule has 1 rings (SSSR count). The van der Waals surface area contributed by atoms with Crippen molar-refractivity contribution < 1.29 is 4.79 Å². The monoisotopic (exact) mass is 215 g/mol. The Morgan fingerprint density at radius 3 is 2.30 bits per heavy atom. The topological polar surface area (TPSA) is 30.0 Å². The van der Waals surface area contributed by atoms with Gasteiger partial charge in [-0.3, -0.25) is 4.79 Å². The number of hydrogen-bond acceptors (Lipinski definition) is 3. The summed E-state index contributed by atoms with van der Waals surface area (Å²) in [6, 6.07) is 0. The lowest BCUT2D eigenvalue weighted by atomic mass is 10.6. The zero-order chi connectivity index (χ0) is 7.72. The van der Waals surface area contributed by atoms with Gasteiger partial charge in [0.2, 0.25) is 0 Å². The van der Waals surface area contributed by atoms with E-state index < -0.39 is 5.24 Å². The van der Waals surface area contributed by atoms with Crippen LogP contribution in [0.4, 0.5) is 0 Å². The number of carbonyl (C=O) groups excluding carboxylic acids is 1. The molecule has 10 heavy (non-hydrogen) atoms. The zero-order valence-corrected chi connectivity index (χ0v) is 7.48. The summed E-state index contributed by atoms with van der Waals surface area (Å²) in [7, 11) is 0. The minimum absolute atomic E-state index is 0.0648. The smallest absolute Gasteiger partial charge is 0.265 e. The first kappa shape index (κ1) is 8.27. The van der Waals surface area contributed by atoms with Gasteiger partial charge in [-0.25, -0.2) is 4.98 Å². The van der Waals surface area contributed by atoms with E-state index in [9.17, 15) is 4.79 Å². The number of hydrogen-bond donors (Lipinski definition) is 0. The maximum Gasteiger partial charge on any atom is 0.265 e. The molecule has 0 aliphatic carbocycles. The van der Waals surface area contributed by atoms with Crippen LogP contribution in [-0.2, 0) is 0 Å². The lowest BCUT2D eigenvalue weighted by molar-refractivity contribution is 0.108. The molecule has 0 N–H and O–H groups in total. The number of carbonyl (C=O) groups is 1. The summed E-state index contributed by atoms with van der Waals surface area (Å²) >= 11 is 16.9. The third-order valence-electron chi connectivity index (χ3n) is 0.738. The SMILES string of the molecule is O=C(Cl)c1sc(Cl)nc1Cl. The molecule has 0 fully saturated rings. The summed E-state index contributed by atoms with van der Waals surface area (Å²) < 4.78 is 0.217. The highest BCUT2D eigenvalue weighted by molar-refractivity contribution is 7.19. The van der Waals surface area contributed by atoms with Crippen LogP contribution in [0.1, 0.15) is 9.67 Å². The van der Waals surface area contributed by atoms with Gasteiger partial charge >= 0.3 is 0 Å². The molecule has 0 atom stereocenters. The lowest BCUT2D eigenvalue weighted by Gasteiger charge is -1.80. The second-order valence-electron chi connectivity index (χ2n) is 1.36. The first-order valence-corrected chi connectivity index (χ1v) is 4.08. The quantitative estimate of drug-likeness (QED) is 0.676. The second kappa shape index (κ2) is 3.05. The molecule has 2 nitrogen and oxygen atoms in total. The van der Waals surface area contributed by atoms with E-state index in [0.29, 0.717) is 0 Å². The Balaban J connectivity index is 3.15. The Bertz CT molecular complexity index is 271. The molecule has 1 aromatic rings. The Labute approximate surface area is 75.7 Å². The highest BCUT2D eigenvalue weighted by atomic mass is 35.5. The van der Waals surface area contributed by atoms with E-state index >= 15 is 0 Å². The molecule has 0 aliphatic rings. The van der Waals surface area contributed by atoms with Crippen LogP contribution in [0, 0.1) is 0 Å². The predicted octanol–water partition coefficient (Wildman–Crippen LogP) is 2.83. The highest BCUT2D eigenvalue weighted by Gasteiger charge is 2.12. The number of rotatable bonds is 1. The van der Waals surface area contributed by atoms with E-state index in [0.717, 1.165) is 11.3 Å². The van der Waals surface area contributed by atoms with Crippen molar-refractivity contribution in [1.82, 2.24) is 4.98 Å². The Kier molecular flexibility index (Phi) is 2.52. The summed E-state index contributed by atoms with van der Waals surface area (Å²) in [5.74, 6) is 0. The van der Waals surface area contributed by atoms with Crippen molar-refractivity contribution in [3.05, 3.63) is 14.5 Å². The number of halogens is 3. The molecule has 1 heterocycles. The number of thiazole rings is 1. The molecular weight excluding hydrogens is 216 g/mol. The van der Waals surface area contributed by atoms with Gasteiger partial charge < -0.3 is 0 Å². The van der Waals surface area contributed by atoms with Crippen molar-refractivity contribution in [2.24, 2.45) is 0 Å². The minimum atomic E-state index is -0.630. The first-order chi connectivity index (χ1) is 4.61. The van der Waals surface area contributed by atoms with Gasteiger partial charge in [0.25, 0.3) is 5.24 Å². The fourth-order valence-electron chi connectivity index (χ4n) is 0.398. The van der Waals surface area contributed by atoms with Crippen molar-refractivity contribution >= 4 is 51.4 Å². The molecule has 0 aliphatic heterocycles. The fraction of sp³-hybridized carbons (Fsp3) is 0. The van der Waals surface area contributed by atoms with E-state index in [-0.39, 0.29) is 14.5 Å². The molecular formula is C4Cl3NOS. The van der Waals surface area contributed by atoms with Crippen molar-refractivity contribution in [3.8, 4) is 0 Å². The third kappa shape index (κ3) is 1.61. The predicted molar refractivity (Wildman–Crippen MR) is 42.3 cm³/mol. The van der Waals surface area contributed by atoms with Crippen LogP contribution in [0.3, 0.4) is 0 Å². The van der Waals surface area contributed by atoms with Crippen LogP contribution in [0.5, 0.6) is 0 Å². The zero-order valence-electron chi connectivity index (χ0n) is 4.40. The van der Waals surface area contributed by atoms with Gasteiger partial charge in [0.15, 0.2) is 9.62 Å².